The number of sulfonamides is 1. The summed E-state index contributed by atoms with van der Waals surface area (Å²) in [6.07, 6.45) is 0. The quantitative estimate of drug-likeness (QED) is 0.476. The van der Waals surface area contributed by atoms with E-state index in [1.165, 1.54) is 19.2 Å². The van der Waals surface area contributed by atoms with Crippen molar-refractivity contribution >= 4 is 39.1 Å². The van der Waals surface area contributed by atoms with Gasteiger partial charge in [0.2, 0.25) is 15.9 Å². The highest BCUT2D eigenvalue weighted by Gasteiger charge is 2.27. The molecule has 168 valence electrons. The Morgan fingerprint density at radius 2 is 1.62 bits per heavy atom. The zero-order chi connectivity index (χ0) is 23.1. The van der Waals surface area contributed by atoms with Gasteiger partial charge in [-0.1, -0.05) is 53.5 Å². The molecule has 0 saturated carbocycles. The van der Waals surface area contributed by atoms with Crippen molar-refractivity contribution in [2.75, 3.05) is 13.7 Å². The Balaban J connectivity index is 1.81. The lowest BCUT2D eigenvalue weighted by Gasteiger charge is -2.22. The molecule has 3 rings (SSSR count). The first kappa shape index (κ1) is 24.1. The van der Waals surface area contributed by atoms with E-state index in [4.69, 9.17) is 27.9 Å². The van der Waals surface area contributed by atoms with Gasteiger partial charge in [-0.15, -0.1) is 0 Å². The highest BCUT2D eigenvalue weighted by molar-refractivity contribution is 7.89. The molecule has 32 heavy (non-hydrogen) atoms. The maximum absolute atomic E-state index is 13.3. The van der Waals surface area contributed by atoms with E-state index in [2.05, 4.69) is 5.32 Å². The molecule has 6 nitrogen and oxygen atoms in total. The Morgan fingerprint density at radius 1 is 0.969 bits per heavy atom. The van der Waals surface area contributed by atoms with Gasteiger partial charge in [0.15, 0.2) is 0 Å². The van der Waals surface area contributed by atoms with Crippen molar-refractivity contribution < 1.29 is 17.9 Å². The molecule has 0 unspecified atom stereocenters. The fraction of sp³-hybridized carbons (Fsp3) is 0.174. The van der Waals surface area contributed by atoms with Gasteiger partial charge in [-0.05, 0) is 53.6 Å². The Hall–Kier alpha value is -2.58. The van der Waals surface area contributed by atoms with Crippen molar-refractivity contribution in [2.24, 2.45) is 0 Å². The van der Waals surface area contributed by atoms with Gasteiger partial charge in [-0.25, -0.2) is 8.42 Å². The number of hydrogen-bond donors (Lipinski definition) is 1. The van der Waals surface area contributed by atoms with Crippen LogP contribution in [0.15, 0.2) is 77.7 Å². The topological polar surface area (TPSA) is 75.7 Å². The highest BCUT2D eigenvalue weighted by atomic mass is 35.5. The lowest BCUT2D eigenvalue weighted by atomic mass is 10.2. The van der Waals surface area contributed by atoms with Gasteiger partial charge in [0.05, 0.1) is 18.6 Å². The van der Waals surface area contributed by atoms with E-state index in [1.807, 2.05) is 0 Å². The van der Waals surface area contributed by atoms with Crippen molar-refractivity contribution in [3.8, 4) is 5.75 Å². The third-order valence-corrected chi connectivity index (χ3v) is 7.15. The van der Waals surface area contributed by atoms with Crippen molar-refractivity contribution in [1.29, 1.82) is 0 Å². The lowest BCUT2D eigenvalue weighted by Crippen LogP contribution is -2.40. The first-order valence-electron chi connectivity index (χ1n) is 9.68. The SMILES string of the molecule is COc1ccc(S(=O)(=O)N(CC(=O)NCc2ccc(Cl)cc2)Cc2ccccc2Cl)cc1. The van der Waals surface area contributed by atoms with Crippen LogP contribution >= 0.6 is 23.2 Å². The van der Waals surface area contributed by atoms with Crippen molar-refractivity contribution in [1.82, 2.24) is 9.62 Å². The van der Waals surface area contributed by atoms with E-state index < -0.39 is 15.9 Å². The number of hydrogen-bond acceptors (Lipinski definition) is 4. The highest BCUT2D eigenvalue weighted by Crippen LogP contribution is 2.24. The maximum atomic E-state index is 13.3. The standard InChI is InChI=1S/C23H22Cl2N2O4S/c1-31-20-10-12-21(13-11-20)32(29,30)27(15-18-4-2-3-5-22(18)25)16-23(28)26-14-17-6-8-19(24)9-7-17/h2-13H,14-16H2,1H3,(H,26,28). The van der Waals surface area contributed by atoms with Crippen molar-refractivity contribution in [2.45, 2.75) is 18.0 Å². The third kappa shape index (κ3) is 6.23. The van der Waals surface area contributed by atoms with Crippen LogP contribution in [0.25, 0.3) is 0 Å². The molecule has 0 saturated heterocycles. The largest absolute Gasteiger partial charge is 0.497 e. The second-order valence-electron chi connectivity index (χ2n) is 6.94. The second kappa shape index (κ2) is 10.8. The molecule has 0 spiro atoms. The van der Waals surface area contributed by atoms with Crippen LogP contribution in [0.5, 0.6) is 5.75 Å². The summed E-state index contributed by atoms with van der Waals surface area (Å²) in [5.74, 6) is 0.0893. The molecule has 0 fully saturated rings. The minimum atomic E-state index is -3.98. The lowest BCUT2D eigenvalue weighted by molar-refractivity contribution is -0.121. The molecule has 0 radical (unpaired) electrons. The van der Waals surface area contributed by atoms with E-state index in [9.17, 15) is 13.2 Å². The van der Waals surface area contributed by atoms with Gasteiger partial charge in [0, 0.05) is 23.1 Å². The molecule has 1 amide bonds. The molecular weight excluding hydrogens is 471 g/mol. The second-order valence-corrected chi connectivity index (χ2v) is 9.72. The Morgan fingerprint density at radius 3 is 2.25 bits per heavy atom. The van der Waals surface area contributed by atoms with E-state index >= 15 is 0 Å². The summed E-state index contributed by atoms with van der Waals surface area (Å²) in [7, 11) is -2.49. The number of benzene rings is 3. The summed E-state index contributed by atoms with van der Waals surface area (Å²) in [5, 5.41) is 3.76. The summed E-state index contributed by atoms with van der Waals surface area (Å²) in [6, 6.07) is 20.0. The number of carbonyl (C=O) groups excluding carboxylic acids is 1. The number of methoxy groups -OCH3 is 1. The summed E-state index contributed by atoms with van der Waals surface area (Å²) in [6.45, 7) is -0.173. The maximum Gasteiger partial charge on any atom is 0.243 e. The number of nitrogens with one attached hydrogen (secondary N) is 1. The molecular formula is C23H22Cl2N2O4S. The summed E-state index contributed by atoms with van der Waals surface area (Å²) >= 11 is 12.1. The fourth-order valence-corrected chi connectivity index (χ4v) is 4.65. The van der Waals surface area contributed by atoms with Crippen LogP contribution in [0.3, 0.4) is 0 Å². The van der Waals surface area contributed by atoms with Crippen LogP contribution in [0, 0.1) is 0 Å². The molecule has 3 aromatic carbocycles. The van der Waals surface area contributed by atoms with Gasteiger partial charge in [0.25, 0.3) is 0 Å². The first-order valence-corrected chi connectivity index (χ1v) is 11.9. The zero-order valence-electron chi connectivity index (χ0n) is 17.3. The number of carbonyl (C=O) groups is 1. The number of ether oxygens (including phenoxy) is 1. The number of rotatable bonds is 9. The number of amides is 1. The minimum Gasteiger partial charge on any atom is -0.497 e. The van der Waals surface area contributed by atoms with E-state index in [0.717, 1.165) is 9.87 Å². The zero-order valence-corrected chi connectivity index (χ0v) is 19.6. The average molecular weight is 493 g/mol. The fourth-order valence-electron chi connectivity index (χ4n) is 2.96. The molecule has 0 atom stereocenters. The van der Waals surface area contributed by atoms with Crippen LogP contribution in [0.2, 0.25) is 10.0 Å². The molecule has 3 aromatic rings. The predicted molar refractivity (Wildman–Crippen MR) is 125 cm³/mol. The molecule has 0 heterocycles. The van der Waals surface area contributed by atoms with Crippen molar-refractivity contribution in [3.63, 3.8) is 0 Å². The smallest absolute Gasteiger partial charge is 0.243 e. The first-order chi connectivity index (χ1) is 15.3. The van der Waals surface area contributed by atoms with E-state index in [0.29, 0.717) is 21.4 Å². The molecule has 0 bridgehead atoms. The molecule has 0 aliphatic heterocycles. The average Bonchev–Trinajstić information content (AvgIpc) is 2.79. The van der Waals surface area contributed by atoms with Gasteiger partial charge < -0.3 is 10.1 Å². The van der Waals surface area contributed by atoms with E-state index in [-0.39, 0.29) is 24.5 Å². The van der Waals surface area contributed by atoms with Crippen LogP contribution in [-0.2, 0) is 27.9 Å². The molecule has 0 aliphatic rings. The van der Waals surface area contributed by atoms with Crippen LogP contribution in [0.1, 0.15) is 11.1 Å². The summed E-state index contributed by atoms with van der Waals surface area (Å²) in [5.41, 5.74) is 1.44. The van der Waals surface area contributed by atoms with Gasteiger partial charge in [0.1, 0.15) is 5.75 Å². The summed E-state index contributed by atoms with van der Waals surface area (Å²) < 4.78 is 32.9. The van der Waals surface area contributed by atoms with Gasteiger partial charge in [-0.2, -0.15) is 4.31 Å². The van der Waals surface area contributed by atoms with Crippen LogP contribution in [-0.4, -0.2) is 32.3 Å². The van der Waals surface area contributed by atoms with Crippen molar-refractivity contribution in [3.05, 3.63) is 94.0 Å². The van der Waals surface area contributed by atoms with Gasteiger partial charge in [-0.3, -0.25) is 4.79 Å². The molecule has 9 heteroatoms. The van der Waals surface area contributed by atoms with Crippen LogP contribution < -0.4 is 10.1 Å². The van der Waals surface area contributed by atoms with Crippen LogP contribution in [0.4, 0.5) is 0 Å². The molecule has 0 aliphatic carbocycles. The number of nitrogens with zero attached hydrogens (tertiary/aromatic N) is 1. The predicted octanol–water partition coefficient (Wildman–Crippen LogP) is 4.51. The Labute approximate surface area is 197 Å². The third-order valence-electron chi connectivity index (χ3n) is 4.72. The molecule has 1 N–H and O–H groups in total. The Kier molecular flexibility index (Phi) is 8.15. The van der Waals surface area contributed by atoms with Gasteiger partial charge >= 0.3 is 0 Å². The number of halogens is 2. The Bertz CT molecular complexity index is 1170. The summed E-state index contributed by atoms with van der Waals surface area (Å²) in [4.78, 5) is 12.7. The molecule has 0 aromatic heterocycles. The normalized spacial score (nSPS) is 11.4. The monoisotopic (exact) mass is 492 g/mol. The minimum absolute atomic E-state index is 0.0517. The van der Waals surface area contributed by atoms with E-state index in [1.54, 1.807) is 60.7 Å².